The van der Waals surface area contributed by atoms with Gasteiger partial charge in [-0.15, -0.1) is 0 Å². The Morgan fingerprint density at radius 3 is 1.67 bits per heavy atom. The molecule has 0 fully saturated rings. The van der Waals surface area contributed by atoms with Gasteiger partial charge in [0.25, 0.3) is 0 Å². The molecule has 0 radical (unpaired) electrons. The summed E-state index contributed by atoms with van der Waals surface area (Å²) in [5.41, 5.74) is 7.54. The van der Waals surface area contributed by atoms with Gasteiger partial charge in [-0.05, 0) is 39.4 Å². The maximum absolute atomic E-state index is 9.89. The molecule has 39 heavy (non-hydrogen) atoms. The lowest BCUT2D eigenvalue weighted by Gasteiger charge is -2.37. The lowest BCUT2D eigenvalue weighted by Crippen LogP contribution is -2.36. The minimum atomic E-state index is -0.593. The third-order valence-electron chi connectivity index (χ3n) is 7.27. The molecule has 6 aromatic rings. The molecule has 5 aromatic carbocycles. The molecule has 0 amide bonds. The highest BCUT2D eigenvalue weighted by atomic mass is 15.1. The predicted octanol–water partition coefficient (Wildman–Crippen LogP) is 7.85. The van der Waals surface area contributed by atoms with Crippen molar-refractivity contribution in [1.82, 2.24) is 9.55 Å². The van der Waals surface area contributed by atoms with Crippen LogP contribution in [0.25, 0.3) is 11.1 Å². The topological polar surface area (TPSA) is 41.6 Å². The smallest absolute Gasteiger partial charge is 0.121 e. The quantitative estimate of drug-likeness (QED) is 0.209. The van der Waals surface area contributed by atoms with E-state index in [4.69, 9.17) is 4.98 Å². The zero-order valence-corrected chi connectivity index (χ0v) is 21.5. The van der Waals surface area contributed by atoms with Crippen LogP contribution in [0.3, 0.4) is 0 Å². The van der Waals surface area contributed by atoms with Gasteiger partial charge in [0.05, 0.1) is 23.7 Å². The molecule has 0 saturated heterocycles. The summed E-state index contributed by atoms with van der Waals surface area (Å²) in [6, 6.07) is 50.3. The monoisotopic (exact) mass is 501 g/mol. The molecule has 0 aliphatic rings. The van der Waals surface area contributed by atoms with E-state index in [-0.39, 0.29) is 0 Å². The van der Waals surface area contributed by atoms with Crippen LogP contribution in [0.2, 0.25) is 0 Å². The summed E-state index contributed by atoms with van der Waals surface area (Å²) in [4.78, 5) is 4.87. The molecule has 0 unspecified atom stereocenters. The van der Waals surface area contributed by atoms with E-state index in [1.807, 2.05) is 48.8 Å². The van der Waals surface area contributed by atoms with E-state index >= 15 is 0 Å². The van der Waals surface area contributed by atoms with E-state index < -0.39 is 5.54 Å². The van der Waals surface area contributed by atoms with Crippen LogP contribution in [0, 0.1) is 11.3 Å². The van der Waals surface area contributed by atoms with Gasteiger partial charge in [0, 0.05) is 12.6 Å². The molecule has 6 rings (SSSR count). The summed E-state index contributed by atoms with van der Waals surface area (Å²) in [6.45, 7) is 0. The Kier molecular flexibility index (Phi) is 6.60. The van der Waals surface area contributed by atoms with Crippen LogP contribution < -0.4 is 0 Å². The molecule has 0 saturated carbocycles. The predicted molar refractivity (Wildman–Crippen MR) is 156 cm³/mol. The average molecular weight is 502 g/mol. The Hall–Kier alpha value is -5.20. The molecule has 3 nitrogen and oxygen atoms in total. The number of nitriles is 1. The van der Waals surface area contributed by atoms with Gasteiger partial charge >= 0.3 is 0 Å². The zero-order chi connectivity index (χ0) is 26.5. The summed E-state index contributed by atoms with van der Waals surface area (Å²) in [6.07, 6.45) is 4.71. The molecule has 186 valence electrons. The summed E-state index contributed by atoms with van der Waals surface area (Å²) in [7, 11) is 0. The Labute approximate surface area is 229 Å². The van der Waals surface area contributed by atoms with Crippen molar-refractivity contribution in [2.75, 3.05) is 0 Å². The Balaban J connectivity index is 1.45. The second-order valence-corrected chi connectivity index (χ2v) is 9.62. The van der Waals surface area contributed by atoms with Crippen molar-refractivity contribution in [3.63, 3.8) is 0 Å². The lowest BCUT2D eigenvalue weighted by atomic mass is 9.77. The van der Waals surface area contributed by atoms with E-state index in [0.29, 0.717) is 12.0 Å². The van der Waals surface area contributed by atoms with Gasteiger partial charge in [-0.3, -0.25) is 0 Å². The second-order valence-electron chi connectivity index (χ2n) is 9.62. The fourth-order valence-corrected chi connectivity index (χ4v) is 5.50. The van der Waals surface area contributed by atoms with Crippen LogP contribution in [0.4, 0.5) is 0 Å². The van der Waals surface area contributed by atoms with Crippen LogP contribution in [-0.4, -0.2) is 9.55 Å². The highest BCUT2D eigenvalue weighted by Crippen LogP contribution is 2.40. The van der Waals surface area contributed by atoms with Crippen LogP contribution in [0.5, 0.6) is 0 Å². The number of aromatic nitrogens is 2. The molecule has 0 bridgehead atoms. The minimum Gasteiger partial charge on any atom is -0.319 e. The summed E-state index contributed by atoms with van der Waals surface area (Å²) in [5.74, 6) is 0. The number of nitrogens with zero attached hydrogens (tertiary/aromatic N) is 3. The van der Waals surface area contributed by atoms with Gasteiger partial charge in [0.2, 0.25) is 0 Å². The van der Waals surface area contributed by atoms with Crippen LogP contribution in [0.15, 0.2) is 152 Å². The number of hydrogen-bond donors (Lipinski definition) is 0. The maximum atomic E-state index is 9.89. The highest BCUT2D eigenvalue weighted by molar-refractivity contribution is 5.71. The van der Waals surface area contributed by atoms with Crippen molar-refractivity contribution in [1.29, 1.82) is 5.26 Å². The molecule has 3 heteroatoms. The van der Waals surface area contributed by atoms with E-state index in [1.165, 1.54) is 0 Å². The number of imidazole rings is 1. The number of hydrogen-bond acceptors (Lipinski definition) is 2. The number of rotatable bonds is 7. The SMILES string of the molecule is N#Cc1cc(Cc2cn(C(c3ccccc3)(c3ccccc3)c3ccccc3)cn2)ccc1-c1ccccc1. The van der Waals surface area contributed by atoms with Gasteiger partial charge < -0.3 is 4.57 Å². The molecular formula is C36H27N3. The highest BCUT2D eigenvalue weighted by Gasteiger charge is 2.38. The fraction of sp³-hybridized carbons (Fsp3) is 0.0556. The minimum absolute atomic E-state index is 0.593. The van der Waals surface area contributed by atoms with Crippen molar-refractivity contribution in [3.05, 3.63) is 186 Å². The fourth-order valence-electron chi connectivity index (χ4n) is 5.50. The average Bonchev–Trinajstić information content (AvgIpc) is 3.48. The molecular weight excluding hydrogens is 474 g/mol. The third-order valence-corrected chi connectivity index (χ3v) is 7.27. The molecule has 0 aliphatic carbocycles. The van der Waals surface area contributed by atoms with Crippen molar-refractivity contribution >= 4 is 0 Å². The second kappa shape index (κ2) is 10.7. The van der Waals surface area contributed by atoms with Crippen LogP contribution in [0.1, 0.15) is 33.5 Å². The van der Waals surface area contributed by atoms with Gasteiger partial charge in [0.15, 0.2) is 0 Å². The molecule has 0 spiro atoms. The largest absolute Gasteiger partial charge is 0.319 e. The van der Waals surface area contributed by atoms with Gasteiger partial charge in [-0.1, -0.05) is 133 Å². The Bertz CT molecular complexity index is 1620. The first kappa shape index (κ1) is 24.2. The zero-order valence-electron chi connectivity index (χ0n) is 21.5. The van der Waals surface area contributed by atoms with Gasteiger partial charge in [0.1, 0.15) is 5.54 Å². The first-order chi connectivity index (χ1) is 19.3. The molecule has 1 heterocycles. The molecule has 1 aromatic heterocycles. The standard InChI is InChI=1S/C36H27N3/c37-25-30-23-28(21-22-35(30)29-13-5-1-6-14-29)24-34-26-39(27-38-34)36(31-15-7-2-8-16-31,32-17-9-3-10-18-32)33-19-11-4-12-20-33/h1-23,26-27H,24H2. The number of benzene rings is 5. The van der Waals surface area contributed by atoms with Crippen molar-refractivity contribution in [3.8, 4) is 17.2 Å². The molecule has 0 N–H and O–H groups in total. The Morgan fingerprint density at radius 2 is 1.15 bits per heavy atom. The first-order valence-electron chi connectivity index (χ1n) is 13.1. The van der Waals surface area contributed by atoms with Crippen molar-refractivity contribution in [2.24, 2.45) is 0 Å². The van der Waals surface area contributed by atoms with Crippen LogP contribution >= 0.6 is 0 Å². The van der Waals surface area contributed by atoms with Crippen molar-refractivity contribution < 1.29 is 0 Å². The van der Waals surface area contributed by atoms with E-state index in [0.717, 1.165) is 39.1 Å². The summed E-state index contributed by atoms with van der Waals surface area (Å²) < 4.78 is 2.23. The van der Waals surface area contributed by atoms with Crippen molar-refractivity contribution in [2.45, 2.75) is 12.0 Å². The first-order valence-corrected chi connectivity index (χ1v) is 13.1. The van der Waals surface area contributed by atoms with Gasteiger partial charge in [-0.25, -0.2) is 4.98 Å². The normalized spacial score (nSPS) is 11.2. The van der Waals surface area contributed by atoms with Crippen LogP contribution in [-0.2, 0) is 12.0 Å². The summed E-state index contributed by atoms with van der Waals surface area (Å²) >= 11 is 0. The molecule has 0 aliphatic heterocycles. The summed E-state index contributed by atoms with van der Waals surface area (Å²) in [5, 5.41) is 9.89. The third kappa shape index (κ3) is 4.54. The van der Waals surface area contributed by atoms with Gasteiger partial charge in [-0.2, -0.15) is 5.26 Å². The van der Waals surface area contributed by atoms with E-state index in [1.54, 1.807) is 0 Å². The van der Waals surface area contributed by atoms with E-state index in [2.05, 4.69) is 114 Å². The lowest BCUT2D eigenvalue weighted by molar-refractivity contribution is 0.514. The molecule has 0 atom stereocenters. The maximum Gasteiger partial charge on any atom is 0.121 e. The Morgan fingerprint density at radius 1 is 0.641 bits per heavy atom. The van der Waals surface area contributed by atoms with E-state index in [9.17, 15) is 5.26 Å².